The number of pyridine rings is 1. The molecule has 4 rings (SSSR count). The van der Waals surface area contributed by atoms with Gasteiger partial charge in [-0.1, -0.05) is 6.07 Å². The van der Waals surface area contributed by atoms with Gasteiger partial charge < -0.3 is 9.80 Å². The predicted molar refractivity (Wildman–Crippen MR) is 88.5 cm³/mol. The average molecular weight is 327 g/mol. The Morgan fingerprint density at radius 2 is 2.13 bits per heavy atom. The van der Waals surface area contributed by atoms with Gasteiger partial charge in [-0.3, -0.25) is 9.59 Å². The van der Waals surface area contributed by atoms with Crippen molar-refractivity contribution in [1.82, 2.24) is 9.88 Å². The van der Waals surface area contributed by atoms with Crippen molar-refractivity contribution in [2.75, 3.05) is 24.5 Å². The maximum absolute atomic E-state index is 12.6. The van der Waals surface area contributed by atoms with Gasteiger partial charge in [-0.05, 0) is 30.5 Å². The van der Waals surface area contributed by atoms with Crippen LogP contribution in [0.5, 0.6) is 0 Å². The van der Waals surface area contributed by atoms with Gasteiger partial charge in [0.1, 0.15) is 5.69 Å². The molecule has 0 saturated carbocycles. The van der Waals surface area contributed by atoms with Gasteiger partial charge in [-0.15, -0.1) is 0 Å². The minimum absolute atomic E-state index is 0.0713. The topological polar surface area (TPSA) is 53.5 Å². The van der Waals surface area contributed by atoms with Crippen molar-refractivity contribution in [2.24, 2.45) is 11.8 Å². The Bertz CT molecular complexity index is 759. The van der Waals surface area contributed by atoms with E-state index in [4.69, 9.17) is 0 Å². The van der Waals surface area contributed by atoms with E-state index in [-0.39, 0.29) is 23.7 Å². The molecule has 5 nitrogen and oxygen atoms in total. The molecule has 0 bridgehead atoms. The Balaban J connectivity index is 1.49. The number of carbonyl (C=O) groups is 2. The predicted octanol–water partition coefficient (Wildman–Crippen LogP) is 2.19. The van der Waals surface area contributed by atoms with Crippen LogP contribution in [0.2, 0.25) is 0 Å². The standard InChI is InChI=1S/C17H17N3O2S/c1-11-3-2-4-15(18-11)17(22)19-7-12-8-20(13-5-6-23-10-13)16(21)14(12)9-19/h2-6,10,12,14H,7-9H2,1H3/t12-,14-/m1/s1. The summed E-state index contributed by atoms with van der Waals surface area (Å²) in [6, 6.07) is 7.43. The van der Waals surface area contributed by atoms with Gasteiger partial charge in [0.05, 0.1) is 11.6 Å². The number of aromatic nitrogens is 1. The quantitative estimate of drug-likeness (QED) is 0.849. The first kappa shape index (κ1) is 14.4. The number of fused-ring (bicyclic) bond motifs is 1. The van der Waals surface area contributed by atoms with Crippen LogP contribution in [0, 0.1) is 18.8 Å². The van der Waals surface area contributed by atoms with Gasteiger partial charge in [0.15, 0.2) is 0 Å². The normalized spacial score (nSPS) is 23.4. The highest BCUT2D eigenvalue weighted by Gasteiger charge is 2.48. The van der Waals surface area contributed by atoms with Crippen molar-refractivity contribution in [3.05, 3.63) is 46.4 Å². The van der Waals surface area contributed by atoms with Crippen LogP contribution in [0.3, 0.4) is 0 Å². The molecule has 0 aromatic carbocycles. The summed E-state index contributed by atoms with van der Waals surface area (Å²) in [6.45, 7) is 3.70. The van der Waals surface area contributed by atoms with Crippen molar-refractivity contribution < 1.29 is 9.59 Å². The van der Waals surface area contributed by atoms with Crippen LogP contribution in [-0.2, 0) is 4.79 Å². The molecular formula is C17H17N3O2S. The Hall–Kier alpha value is -2.21. The number of aryl methyl sites for hydroxylation is 1. The summed E-state index contributed by atoms with van der Waals surface area (Å²) in [7, 11) is 0. The first-order chi connectivity index (χ1) is 11.1. The Morgan fingerprint density at radius 3 is 2.83 bits per heavy atom. The number of likely N-dealkylation sites (tertiary alicyclic amines) is 1. The first-order valence-electron chi connectivity index (χ1n) is 7.70. The molecule has 0 unspecified atom stereocenters. The van der Waals surface area contributed by atoms with Crippen molar-refractivity contribution in [2.45, 2.75) is 6.92 Å². The highest BCUT2D eigenvalue weighted by Crippen LogP contribution is 2.36. The number of rotatable bonds is 2. The van der Waals surface area contributed by atoms with Crippen LogP contribution in [0.1, 0.15) is 16.2 Å². The molecule has 0 aliphatic carbocycles. The van der Waals surface area contributed by atoms with Crippen LogP contribution < -0.4 is 4.90 Å². The third-order valence-electron chi connectivity index (χ3n) is 4.65. The molecule has 2 aliphatic heterocycles. The maximum atomic E-state index is 12.6. The van der Waals surface area contributed by atoms with E-state index in [9.17, 15) is 9.59 Å². The summed E-state index contributed by atoms with van der Waals surface area (Å²) in [4.78, 5) is 33.1. The lowest BCUT2D eigenvalue weighted by atomic mass is 10.0. The summed E-state index contributed by atoms with van der Waals surface area (Å²) in [5, 5.41) is 3.98. The van der Waals surface area contributed by atoms with Crippen LogP contribution in [-0.4, -0.2) is 41.3 Å². The fourth-order valence-electron chi connectivity index (χ4n) is 3.49. The second kappa shape index (κ2) is 5.45. The van der Waals surface area contributed by atoms with E-state index >= 15 is 0 Å². The monoisotopic (exact) mass is 327 g/mol. The number of amides is 2. The maximum Gasteiger partial charge on any atom is 0.272 e. The second-order valence-electron chi connectivity index (χ2n) is 6.17. The number of nitrogens with zero attached hydrogens (tertiary/aromatic N) is 3. The lowest BCUT2D eigenvalue weighted by Crippen LogP contribution is -2.35. The van der Waals surface area contributed by atoms with E-state index in [0.717, 1.165) is 11.4 Å². The molecule has 2 fully saturated rings. The molecule has 2 saturated heterocycles. The third kappa shape index (κ3) is 2.43. The molecule has 2 atom stereocenters. The van der Waals surface area contributed by atoms with Crippen LogP contribution in [0.15, 0.2) is 35.0 Å². The molecular weight excluding hydrogens is 310 g/mol. The number of hydrogen-bond donors (Lipinski definition) is 0. The number of carbonyl (C=O) groups excluding carboxylic acids is 2. The zero-order valence-electron chi connectivity index (χ0n) is 12.8. The zero-order chi connectivity index (χ0) is 16.0. The molecule has 2 aliphatic rings. The zero-order valence-corrected chi connectivity index (χ0v) is 13.6. The van der Waals surface area contributed by atoms with Gasteiger partial charge in [0.25, 0.3) is 5.91 Å². The molecule has 0 radical (unpaired) electrons. The van der Waals surface area contributed by atoms with E-state index in [2.05, 4.69) is 4.98 Å². The van der Waals surface area contributed by atoms with Crippen LogP contribution in [0.4, 0.5) is 5.69 Å². The van der Waals surface area contributed by atoms with Crippen LogP contribution in [0.25, 0.3) is 0 Å². The van der Waals surface area contributed by atoms with E-state index in [0.29, 0.717) is 25.3 Å². The molecule has 2 amide bonds. The molecule has 4 heterocycles. The van der Waals surface area contributed by atoms with E-state index in [1.54, 1.807) is 22.3 Å². The molecule has 118 valence electrons. The fourth-order valence-corrected chi connectivity index (χ4v) is 4.14. The third-order valence-corrected chi connectivity index (χ3v) is 5.32. The van der Waals surface area contributed by atoms with Gasteiger partial charge >= 0.3 is 0 Å². The number of thiophene rings is 1. The largest absolute Gasteiger partial charge is 0.336 e. The molecule has 0 N–H and O–H groups in total. The average Bonchev–Trinajstić information content (AvgIpc) is 3.24. The molecule has 2 aromatic rings. The fraction of sp³-hybridized carbons (Fsp3) is 0.353. The summed E-state index contributed by atoms with van der Waals surface area (Å²) >= 11 is 1.59. The van der Waals surface area contributed by atoms with Gasteiger partial charge in [-0.25, -0.2) is 4.98 Å². The Morgan fingerprint density at radius 1 is 1.26 bits per heavy atom. The SMILES string of the molecule is Cc1cccc(C(=O)N2C[C@@H]3CN(c4ccsc4)C(=O)[C@@H]3C2)n1. The van der Waals surface area contributed by atoms with Crippen molar-refractivity contribution in [3.63, 3.8) is 0 Å². The Kier molecular flexibility index (Phi) is 3.41. The highest BCUT2D eigenvalue weighted by molar-refractivity contribution is 7.08. The lowest BCUT2D eigenvalue weighted by molar-refractivity contribution is -0.120. The molecule has 6 heteroatoms. The minimum atomic E-state index is -0.0799. The van der Waals surface area contributed by atoms with Gasteiger partial charge in [0, 0.05) is 36.6 Å². The van der Waals surface area contributed by atoms with Gasteiger partial charge in [0.2, 0.25) is 5.91 Å². The van der Waals surface area contributed by atoms with E-state index in [1.165, 1.54) is 0 Å². The summed E-state index contributed by atoms with van der Waals surface area (Å²) in [5.74, 6) is 0.207. The van der Waals surface area contributed by atoms with Crippen molar-refractivity contribution >= 4 is 28.8 Å². The summed E-state index contributed by atoms with van der Waals surface area (Å²) in [6.07, 6.45) is 0. The van der Waals surface area contributed by atoms with Crippen LogP contribution >= 0.6 is 11.3 Å². The second-order valence-corrected chi connectivity index (χ2v) is 6.95. The minimum Gasteiger partial charge on any atom is -0.336 e. The van der Waals surface area contributed by atoms with Gasteiger partial charge in [-0.2, -0.15) is 11.3 Å². The Labute approximate surface area is 138 Å². The molecule has 2 aromatic heterocycles. The van der Waals surface area contributed by atoms with Crippen molar-refractivity contribution in [3.8, 4) is 0 Å². The summed E-state index contributed by atoms with van der Waals surface area (Å²) < 4.78 is 0. The molecule has 23 heavy (non-hydrogen) atoms. The smallest absolute Gasteiger partial charge is 0.272 e. The first-order valence-corrected chi connectivity index (χ1v) is 8.64. The van der Waals surface area contributed by atoms with Crippen molar-refractivity contribution in [1.29, 1.82) is 0 Å². The number of anilines is 1. The lowest BCUT2D eigenvalue weighted by Gasteiger charge is -2.21. The van der Waals surface area contributed by atoms with E-state index < -0.39 is 0 Å². The highest BCUT2D eigenvalue weighted by atomic mass is 32.1. The number of hydrogen-bond acceptors (Lipinski definition) is 4. The van der Waals surface area contributed by atoms with E-state index in [1.807, 2.05) is 40.8 Å². The molecule has 0 spiro atoms. The summed E-state index contributed by atoms with van der Waals surface area (Å²) in [5.41, 5.74) is 2.27.